The lowest BCUT2D eigenvalue weighted by molar-refractivity contribution is 0.0949. The van der Waals surface area contributed by atoms with E-state index in [2.05, 4.69) is 10.3 Å². The number of hydrogen-bond donors (Lipinski definition) is 2. The number of carbonyl (C=O) groups is 1. The van der Waals surface area contributed by atoms with Crippen LogP contribution in [0.3, 0.4) is 0 Å². The van der Waals surface area contributed by atoms with Gasteiger partial charge in [-0.2, -0.15) is 0 Å². The van der Waals surface area contributed by atoms with Crippen molar-refractivity contribution in [2.45, 2.75) is 19.8 Å². The molecule has 5 heteroatoms. The van der Waals surface area contributed by atoms with Gasteiger partial charge in [0.25, 0.3) is 5.91 Å². The topological polar surface area (TPSA) is 71.2 Å². The van der Waals surface area contributed by atoms with Gasteiger partial charge in [-0.15, -0.1) is 0 Å². The molecule has 1 amide bonds. The molecule has 1 aliphatic rings. The fourth-order valence-electron chi connectivity index (χ4n) is 2.05. The molecule has 1 aromatic rings. The molecule has 1 fully saturated rings. The zero-order valence-corrected chi connectivity index (χ0v) is 10.5. The predicted octanol–water partition coefficient (Wildman–Crippen LogP) is 0.840. The maximum Gasteiger partial charge on any atom is 0.256 e. The fraction of sp³-hybridized carbons (Fsp3) is 0.538. The van der Waals surface area contributed by atoms with Gasteiger partial charge in [-0.3, -0.25) is 9.59 Å². The summed E-state index contributed by atoms with van der Waals surface area (Å²) in [7, 11) is 0. The summed E-state index contributed by atoms with van der Waals surface area (Å²) < 4.78 is 5.26. The minimum atomic E-state index is -0.310. The van der Waals surface area contributed by atoms with Crippen LogP contribution in [0, 0.1) is 12.8 Å². The van der Waals surface area contributed by atoms with Gasteiger partial charge < -0.3 is 15.0 Å². The van der Waals surface area contributed by atoms with Crippen molar-refractivity contribution in [3.8, 4) is 0 Å². The Morgan fingerprint density at radius 3 is 3.11 bits per heavy atom. The first kappa shape index (κ1) is 12.8. The molecule has 0 saturated carbocycles. The van der Waals surface area contributed by atoms with Gasteiger partial charge in [0, 0.05) is 37.7 Å². The molecular weight excluding hydrogens is 232 g/mol. The van der Waals surface area contributed by atoms with Gasteiger partial charge in [0.05, 0.1) is 0 Å². The Morgan fingerprint density at radius 2 is 2.44 bits per heavy atom. The van der Waals surface area contributed by atoms with Crippen LogP contribution in [0.5, 0.6) is 0 Å². The monoisotopic (exact) mass is 250 g/mol. The Bertz CT molecular complexity index is 475. The first-order chi connectivity index (χ1) is 8.66. The van der Waals surface area contributed by atoms with Crippen LogP contribution < -0.4 is 10.7 Å². The van der Waals surface area contributed by atoms with Crippen LogP contribution in [0.1, 0.15) is 28.9 Å². The summed E-state index contributed by atoms with van der Waals surface area (Å²) in [4.78, 5) is 26.3. The molecule has 1 atom stereocenters. The highest BCUT2D eigenvalue weighted by atomic mass is 16.5. The van der Waals surface area contributed by atoms with Crippen molar-refractivity contribution in [2.75, 3.05) is 19.8 Å². The standard InChI is InChI=1S/C13H18N2O3/c1-9-6-12(16)11(7-15-9)13(17)14-4-2-10-3-5-18-8-10/h6-7,10H,2-5,8H2,1H3,(H,14,17)(H,15,16). The van der Waals surface area contributed by atoms with E-state index in [4.69, 9.17) is 4.74 Å². The van der Waals surface area contributed by atoms with Crippen molar-refractivity contribution in [1.82, 2.24) is 10.3 Å². The summed E-state index contributed by atoms with van der Waals surface area (Å²) in [6, 6.07) is 1.43. The Morgan fingerprint density at radius 1 is 1.61 bits per heavy atom. The third-order valence-electron chi connectivity index (χ3n) is 3.16. The Balaban J connectivity index is 1.85. The van der Waals surface area contributed by atoms with Crippen molar-refractivity contribution in [1.29, 1.82) is 0 Å². The summed E-state index contributed by atoms with van der Waals surface area (Å²) in [6.07, 6.45) is 3.42. The summed E-state index contributed by atoms with van der Waals surface area (Å²) in [5, 5.41) is 2.77. The van der Waals surface area contributed by atoms with Crippen LogP contribution in [0.15, 0.2) is 17.1 Å². The molecule has 1 aliphatic heterocycles. The lowest BCUT2D eigenvalue weighted by Gasteiger charge is -2.08. The fourth-order valence-corrected chi connectivity index (χ4v) is 2.05. The van der Waals surface area contributed by atoms with Gasteiger partial charge in [-0.05, 0) is 25.7 Å². The van der Waals surface area contributed by atoms with Gasteiger partial charge >= 0.3 is 0 Å². The number of ether oxygens (including phenoxy) is 1. The third-order valence-corrected chi connectivity index (χ3v) is 3.16. The summed E-state index contributed by atoms with van der Waals surface area (Å²) in [5.74, 6) is 0.219. The van der Waals surface area contributed by atoms with Crippen LogP contribution >= 0.6 is 0 Å². The average molecular weight is 250 g/mol. The zero-order chi connectivity index (χ0) is 13.0. The molecule has 0 radical (unpaired) electrons. The molecule has 1 aromatic heterocycles. The first-order valence-electron chi connectivity index (χ1n) is 6.22. The van der Waals surface area contributed by atoms with Gasteiger partial charge in [-0.1, -0.05) is 0 Å². The number of hydrogen-bond acceptors (Lipinski definition) is 3. The molecule has 2 heterocycles. The minimum Gasteiger partial charge on any atom is -0.381 e. The molecule has 0 aromatic carbocycles. The van der Waals surface area contributed by atoms with E-state index in [0.717, 1.165) is 31.7 Å². The van der Waals surface area contributed by atoms with Crippen LogP contribution in [-0.4, -0.2) is 30.6 Å². The molecule has 5 nitrogen and oxygen atoms in total. The van der Waals surface area contributed by atoms with Gasteiger partial charge in [-0.25, -0.2) is 0 Å². The second-order valence-electron chi connectivity index (χ2n) is 4.67. The predicted molar refractivity (Wildman–Crippen MR) is 67.7 cm³/mol. The minimum absolute atomic E-state index is 0.170. The Labute approximate surface area is 106 Å². The molecule has 98 valence electrons. The van der Waals surface area contributed by atoms with Crippen molar-refractivity contribution < 1.29 is 9.53 Å². The van der Waals surface area contributed by atoms with E-state index < -0.39 is 0 Å². The van der Waals surface area contributed by atoms with Crippen molar-refractivity contribution in [3.63, 3.8) is 0 Å². The number of aryl methyl sites for hydroxylation is 1. The summed E-state index contributed by atoms with van der Waals surface area (Å²) >= 11 is 0. The molecule has 0 aliphatic carbocycles. The molecule has 1 saturated heterocycles. The Kier molecular flexibility index (Phi) is 4.15. The third kappa shape index (κ3) is 3.20. The Hall–Kier alpha value is -1.62. The lowest BCUT2D eigenvalue weighted by atomic mass is 10.1. The van der Waals surface area contributed by atoms with Crippen molar-refractivity contribution in [3.05, 3.63) is 33.7 Å². The summed E-state index contributed by atoms with van der Waals surface area (Å²) in [5.41, 5.74) is 0.677. The molecular formula is C13H18N2O3. The van der Waals surface area contributed by atoms with Gasteiger partial charge in [0.1, 0.15) is 5.56 Å². The molecule has 2 N–H and O–H groups in total. The quantitative estimate of drug-likeness (QED) is 0.831. The van der Waals surface area contributed by atoms with E-state index in [9.17, 15) is 9.59 Å². The van der Waals surface area contributed by atoms with Crippen LogP contribution in [-0.2, 0) is 4.74 Å². The summed E-state index contributed by atoms with van der Waals surface area (Å²) in [6.45, 7) is 3.96. The second kappa shape index (κ2) is 5.82. The SMILES string of the molecule is Cc1cc(=O)c(C(=O)NCCC2CCOC2)c[nH]1. The number of carbonyl (C=O) groups excluding carboxylic acids is 1. The smallest absolute Gasteiger partial charge is 0.256 e. The van der Waals surface area contributed by atoms with E-state index in [0.29, 0.717) is 12.5 Å². The van der Waals surface area contributed by atoms with E-state index in [1.54, 1.807) is 6.92 Å². The number of amides is 1. The number of H-pyrrole nitrogens is 1. The van der Waals surface area contributed by atoms with Gasteiger partial charge in [0.15, 0.2) is 5.43 Å². The van der Waals surface area contributed by atoms with E-state index in [1.807, 2.05) is 0 Å². The maximum absolute atomic E-state index is 11.8. The van der Waals surface area contributed by atoms with Crippen LogP contribution in [0.4, 0.5) is 0 Å². The largest absolute Gasteiger partial charge is 0.381 e. The normalized spacial score (nSPS) is 18.8. The van der Waals surface area contributed by atoms with E-state index in [1.165, 1.54) is 12.3 Å². The van der Waals surface area contributed by atoms with Gasteiger partial charge in [0.2, 0.25) is 0 Å². The highest BCUT2D eigenvalue weighted by Gasteiger charge is 2.16. The second-order valence-corrected chi connectivity index (χ2v) is 4.67. The van der Waals surface area contributed by atoms with Crippen LogP contribution in [0.2, 0.25) is 0 Å². The number of nitrogens with one attached hydrogen (secondary N) is 2. The van der Waals surface area contributed by atoms with E-state index in [-0.39, 0.29) is 16.9 Å². The molecule has 0 spiro atoms. The number of aromatic nitrogens is 1. The van der Waals surface area contributed by atoms with E-state index >= 15 is 0 Å². The highest BCUT2D eigenvalue weighted by Crippen LogP contribution is 2.15. The molecule has 1 unspecified atom stereocenters. The first-order valence-corrected chi connectivity index (χ1v) is 6.22. The number of aromatic amines is 1. The average Bonchev–Trinajstić information content (AvgIpc) is 2.81. The van der Waals surface area contributed by atoms with Crippen molar-refractivity contribution >= 4 is 5.91 Å². The van der Waals surface area contributed by atoms with Crippen LogP contribution in [0.25, 0.3) is 0 Å². The highest BCUT2D eigenvalue weighted by molar-refractivity contribution is 5.93. The van der Waals surface area contributed by atoms with Crippen molar-refractivity contribution in [2.24, 2.45) is 5.92 Å². The number of rotatable bonds is 4. The number of pyridine rings is 1. The maximum atomic E-state index is 11.8. The molecule has 0 bridgehead atoms. The molecule has 2 rings (SSSR count). The zero-order valence-electron chi connectivity index (χ0n) is 10.5. The molecule has 18 heavy (non-hydrogen) atoms. The lowest BCUT2D eigenvalue weighted by Crippen LogP contribution is -2.30.